The standard InChI is InChI=1S/2C16H13.2C13H9.2C12H10Si.2ClH.2Zr/c2*1-12-10-14-8-5-9-15(16(14)11-12)13-6-3-2-4-7-13;2*1-3-7-12-10(5-1)9-11-6-2-4-8-13(11)12;2*1-3-7-11(8-4-1)13-12-9-5-2-6-10-12;;;;/h2*2-11H,1H3;2*1-9H;2*1-10H;2*1H;;/q4*-1;;;;;2*+2/p-2. The van der Waals surface area contributed by atoms with Crippen molar-refractivity contribution in [3.8, 4) is 22.3 Å². The molecular formula is C82H64Cl2Si2Zr2-2. The molecule has 0 atom stereocenters. The Balaban J connectivity index is 0.000000125. The molecule has 0 aliphatic carbocycles. The minimum atomic E-state index is -0.455. The molecule has 16 aromatic rings. The maximum absolute atomic E-state index is 2.26. The van der Waals surface area contributed by atoms with Gasteiger partial charge in [0.25, 0.3) is 0 Å². The average molecular weight is 1360 g/mol. The van der Waals surface area contributed by atoms with Crippen LogP contribution in [0.2, 0.25) is 0 Å². The summed E-state index contributed by atoms with van der Waals surface area (Å²) >= 11 is 3.29. The Hall–Kier alpha value is -7.62. The minimum Gasteiger partial charge on any atom is -0.126 e. The third-order valence-corrected chi connectivity index (χ3v) is 27.4. The van der Waals surface area contributed by atoms with Gasteiger partial charge in [-0.2, -0.15) is 12.1 Å². The average Bonchev–Trinajstić information content (AvgIpc) is 3.60. The molecule has 6 heteroatoms. The van der Waals surface area contributed by atoms with Crippen LogP contribution in [0.5, 0.6) is 0 Å². The first-order valence-electron chi connectivity index (χ1n) is 29.2. The van der Waals surface area contributed by atoms with Crippen molar-refractivity contribution < 1.29 is 71.5 Å². The van der Waals surface area contributed by atoms with Gasteiger partial charge in [0.1, 0.15) is 0 Å². The molecule has 0 aliphatic rings. The van der Waals surface area contributed by atoms with E-state index in [0.717, 1.165) is 0 Å². The van der Waals surface area contributed by atoms with Gasteiger partial charge in [-0.1, -0.05) is 171 Å². The van der Waals surface area contributed by atoms with E-state index in [1.165, 1.54) is 119 Å². The SMILES string of the molecule is Cc1cc2c(-c3ccccc3)cccc2[cH-]1.Cc1cc2c(-c3ccccc3)cccc2[cH-]1.[Cl-].[Cl-].[Zr+2]=[Si](c1ccccc1)c1ccccc1.[Zr+2]=[Si](c1ccccc1)c1ccccc1.c1ccc2c(c1)[cH-]c1ccccc12.c1ccc2c(c1)[cH-]c1ccccc12. The van der Waals surface area contributed by atoms with Gasteiger partial charge in [0.2, 0.25) is 0 Å². The maximum atomic E-state index is 2.26. The quantitative estimate of drug-likeness (QED) is 0.115. The Bertz CT molecular complexity index is 4310. The second-order valence-electron chi connectivity index (χ2n) is 21.3. The Labute approximate surface area is 561 Å². The van der Waals surface area contributed by atoms with Crippen LogP contribution in [0, 0.1) is 13.8 Å². The summed E-state index contributed by atoms with van der Waals surface area (Å²) in [4.78, 5) is 0. The molecule has 0 N–H and O–H groups in total. The number of halogens is 2. The summed E-state index contributed by atoms with van der Waals surface area (Å²) in [7, 11) is 0. The molecule has 0 fully saturated rings. The van der Waals surface area contributed by atoms with Gasteiger partial charge in [0.05, 0.1) is 0 Å². The van der Waals surface area contributed by atoms with E-state index in [9.17, 15) is 0 Å². The number of aryl methyl sites for hydroxylation is 2. The van der Waals surface area contributed by atoms with E-state index in [2.05, 4.69) is 366 Å². The first kappa shape index (κ1) is 64.8. The van der Waals surface area contributed by atoms with Crippen LogP contribution in [-0.2, 0) is 46.7 Å². The van der Waals surface area contributed by atoms with Crippen LogP contribution < -0.4 is 45.6 Å². The van der Waals surface area contributed by atoms with Gasteiger partial charge in [0, 0.05) is 0 Å². The molecule has 16 rings (SSSR count). The first-order chi connectivity index (χ1) is 42.3. The van der Waals surface area contributed by atoms with Crippen LogP contribution >= 0.6 is 0 Å². The summed E-state index contributed by atoms with van der Waals surface area (Å²) in [6.07, 6.45) is 0. The molecule has 16 aromatic carbocycles. The van der Waals surface area contributed by atoms with Crippen molar-refractivity contribution in [1.82, 2.24) is 0 Å². The summed E-state index contributed by atoms with van der Waals surface area (Å²) < 4.78 is 0. The predicted octanol–water partition coefficient (Wildman–Crippen LogP) is 13.2. The molecule has 88 heavy (non-hydrogen) atoms. The Morgan fingerprint density at radius 2 is 0.443 bits per heavy atom. The van der Waals surface area contributed by atoms with Gasteiger partial charge in [-0.15, -0.1) is 149 Å². The zero-order valence-electron chi connectivity index (χ0n) is 49.2. The van der Waals surface area contributed by atoms with Crippen LogP contribution in [-0.4, -0.2) is 10.9 Å². The second kappa shape index (κ2) is 32.6. The molecule has 0 spiro atoms. The first-order valence-corrected chi connectivity index (χ1v) is 39.6. The Morgan fingerprint density at radius 3 is 0.716 bits per heavy atom. The van der Waals surface area contributed by atoms with Gasteiger partial charge in [-0.25, -0.2) is 0 Å². The fraction of sp³-hybridized carbons (Fsp3) is 0.0244. The third kappa shape index (κ3) is 16.6. The summed E-state index contributed by atoms with van der Waals surface area (Å²) in [6.45, 7) is 4.30. The number of benzene rings is 12. The van der Waals surface area contributed by atoms with Crippen LogP contribution in [0.25, 0.3) is 86.9 Å². The van der Waals surface area contributed by atoms with E-state index < -0.39 is 10.9 Å². The largest absolute Gasteiger partial charge is 0.126 e. The van der Waals surface area contributed by atoms with Crippen molar-refractivity contribution in [3.63, 3.8) is 0 Å². The van der Waals surface area contributed by atoms with E-state index in [1.807, 2.05) is 0 Å². The molecule has 0 heterocycles. The number of fused-ring (bicyclic) bond motifs is 8. The van der Waals surface area contributed by atoms with E-state index in [0.29, 0.717) is 0 Å². The summed E-state index contributed by atoms with van der Waals surface area (Å²) in [6, 6.07) is 125. The minimum absolute atomic E-state index is 0. The topological polar surface area (TPSA) is 0 Å². The van der Waals surface area contributed by atoms with E-state index >= 15 is 0 Å². The molecule has 0 bridgehead atoms. The molecule has 0 nitrogen and oxygen atoms in total. The fourth-order valence-corrected chi connectivity index (χ4v) is 18.8. The summed E-state index contributed by atoms with van der Waals surface area (Å²) in [5.41, 5.74) is 6.99. The van der Waals surface area contributed by atoms with Crippen LogP contribution in [0.1, 0.15) is 11.1 Å². The van der Waals surface area contributed by atoms with Crippen molar-refractivity contribution in [2.24, 2.45) is 0 Å². The molecule has 0 saturated heterocycles. The maximum Gasteiger partial charge on any atom is -0.0771 e. The van der Waals surface area contributed by atoms with Crippen molar-refractivity contribution in [1.29, 1.82) is 0 Å². The molecule has 0 radical (unpaired) electrons. The molecule has 0 aliphatic heterocycles. The van der Waals surface area contributed by atoms with Gasteiger partial charge < -0.3 is 24.8 Å². The van der Waals surface area contributed by atoms with Gasteiger partial charge in [-0.05, 0) is 11.1 Å². The monoisotopic (exact) mass is 1350 g/mol. The van der Waals surface area contributed by atoms with E-state index in [-0.39, 0.29) is 24.8 Å². The van der Waals surface area contributed by atoms with Gasteiger partial charge in [0.15, 0.2) is 0 Å². The normalized spacial score (nSPS) is 10.3. The third-order valence-electron chi connectivity index (χ3n) is 15.3. The Kier molecular flexibility index (Phi) is 24.0. The number of hydrogen-bond acceptors (Lipinski definition) is 0. The predicted molar refractivity (Wildman–Crippen MR) is 369 cm³/mol. The Morgan fingerprint density at radius 1 is 0.227 bits per heavy atom. The zero-order chi connectivity index (χ0) is 58.9. The molecule has 0 unspecified atom stereocenters. The van der Waals surface area contributed by atoms with Crippen LogP contribution in [0.4, 0.5) is 0 Å². The van der Waals surface area contributed by atoms with Crippen molar-refractivity contribution in [3.05, 3.63) is 363 Å². The molecular weight excluding hydrogens is 1290 g/mol. The summed E-state index contributed by atoms with van der Waals surface area (Å²) in [5, 5.41) is 22.2. The fourth-order valence-electron chi connectivity index (χ4n) is 11.1. The van der Waals surface area contributed by atoms with Crippen molar-refractivity contribution >= 4 is 96.2 Å². The zero-order valence-corrected chi connectivity index (χ0v) is 57.7. The molecule has 0 saturated carbocycles. The van der Waals surface area contributed by atoms with Crippen molar-refractivity contribution in [2.45, 2.75) is 13.8 Å². The van der Waals surface area contributed by atoms with E-state index in [1.54, 1.807) is 46.7 Å². The summed E-state index contributed by atoms with van der Waals surface area (Å²) in [5.74, 6) is 0. The van der Waals surface area contributed by atoms with E-state index in [4.69, 9.17) is 0 Å². The van der Waals surface area contributed by atoms with Crippen molar-refractivity contribution in [2.75, 3.05) is 0 Å². The molecule has 424 valence electrons. The van der Waals surface area contributed by atoms with Gasteiger partial charge in [-0.3, -0.25) is 0 Å². The number of rotatable bonds is 6. The van der Waals surface area contributed by atoms with Gasteiger partial charge >= 0.3 is 200 Å². The second-order valence-corrected chi connectivity index (χ2v) is 32.4. The molecule has 0 aromatic heterocycles. The smallest absolute Gasteiger partial charge is 0.0771 e. The van der Waals surface area contributed by atoms with Crippen LogP contribution in [0.15, 0.2) is 352 Å². The van der Waals surface area contributed by atoms with Crippen LogP contribution in [0.3, 0.4) is 0 Å². The molecule has 0 amide bonds. The number of hydrogen-bond donors (Lipinski definition) is 0.